The van der Waals surface area contributed by atoms with Gasteiger partial charge in [-0.25, -0.2) is 14.6 Å². The monoisotopic (exact) mass is 513 g/mol. The summed E-state index contributed by atoms with van der Waals surface area (Å²) in [6, 6.07) is 8.64. The van der Waals surface area contributed by atoms with E-state index in [1.807, 2.05) is 6.92 Å². The van der Waals surface area contributed by atoms with Crippen molar-refractivity contribution < 1.29 is 23.7 Å². The standard InChI is InChI=1S/C26H23N7O5/c1-4-37-22-15-33(24-14-27-9-10-29-24)32-25(22)26(34)31-23-6-5-16(13-30-23)38-19-7-8-28-18-12-21(36-3)20(35-2)11-17(18)19/h5-15H,4H2,1-3H3,(H,30,31,34). The summed E-state index contributed by atoms with van der Waals surface area (Å²) in [5.41, 5.74) is 0.773. The number of rotatable bonds is 9. The molecule has 0 bridgehead atoms. The lowest BCUT2D eigenvalue weighted by Gasteiger charge is -2.12. The summed E-state index contributed by atoms with van der Waals surface area (Å²) in [6.45, 7) is 2.18. The smallest absolute Gasteiger partial charge is 0.281 e. The van der Waals surface area contributed by atoms with Gasteiger partial charge in [-0.15, -0.1) is 0 Å². The van der Waals surface area contributed by atoms with Crippen molar-refractivity contribution in [1.29, 1.82) is 0 Å². The number of fused-ring (bicyclic) bond motifs is 1. The molecule has 0 saturated carbocycles. The molecule has 0 atom stereocenters. The number of methoxy groups -OCH3 is 2. The molecule has 0 aliphatic heterocycles. The van der Waals surface area contributed by atoms with Crippen molar-refractivity contribution in [3.8, 4) is 34.6 Å². The van der Waals surface area contributed by atoms with Crippen molar-refractivity contribution in [2.45, 2.75) is 6.92 Å². The molecule has 1 aromatic carbocycles. The first-order chi connectivity index (χ1) is 18.6. The lowest BCUT2D eigenvalue weighted by molar-refractivity contribution is 0.101. The highest BCUT2D eigenvalue weighted by Gasteiger charge is 2.20. The predicted molar refractivity (Wildman–Crippen MR) is 137 cm³/mol. The first kappa shape index (κ1) is 24.4. The normalized spacial score (nSPS) is 10.7. The van der Waals surface area contributed by atoms with E-state index in [9.17, 15) is 4.79 Å². The van der Waals surface area contributed by atoms with E-state index in [1.165, 1.54) is 23.3 Å². The van der Waals surface area contributed by atoms with Gasteiger partial charge >= 0.3 is 0 Å². The van der Waals surface area contributed by atoms with E-state index in [0.29, 0.717) is 52.5 Å². The van der Waals surface area contributed by atoms with Gasteiger partial charge in [-0.2, -0.15) is 5.10 Å². The van der Waals surface area contributed by atoms with Crippen molar-refractivity contribution in [3.05, 3.63) is 73.2 Å². The van der Waals surface area contributed by atoms with E-state index in [1.54, 1.807) is 63.1 Å². The van der Waals surface area contributed by atoms with Crippen LogP contribution in [0.5, 0.6) is 28.7 Å². The quantitative estimate of drug-likeness (QED) is 0.307. The maximum Gasteiger partial charge on any atom is 0.281 e. The van der Waals surface area contributed by atoms with E-state index in [-0.39, 0.29) is 5.69 Å². The SMILES string of the molecule is CCOc1cn(-c2cnccn2)nc1C(=O)Nc1ccc(Oc2ccnc3cc(OC)c(OC)cc23)cn1. The fourth-order valence-corrected chi connectivity index (χ4v) is 3.66. The van der Waals surface area contributed by atoms with Crippen LogP contribution >= 0.6 is 0 Å². The van der Waals surface area contributed by atoms with Gasteiger partial charge in [-0.3, -0.25) is 14.8 Å². The Labute approximate surface area is 217 Å². The largest absolute Gasteiger partial charge is 0.493 e. The van der Waals surface area contributed by atoms with Crippen LogP contribution in [0.25, 0.3) is 16.7 Å². The van der Waals surface area contributed by atoms with E-state index >= 15 is 0 Å². The Morgan fingerprint density at radius 2 is 1.76 bits per heavy atom. The molecule has 5 rings (SSSR count). The summed E-state index contributed by atoms with van der Waals surface area (Å²) >= 11 is 0. The molecule has 4 aromatic heterocycles. The Morgan fingerprint density at radius 3 is 2.47 bits per heavy atom. The van der Waals surface area contributed by atoms with Gasteiger partial charge in [0.05, 0.1) is 44.9 Å². The number of nitrogens with one attached hydrogen (secondary N) is 1. The van der Waals surface area contributed by atoms with Crippen molar-refractivity contribution in [2.75, 3.05) is 26.1 Å². The lowest BCUT2D eigenvalue weighted by atomic mass is 10.2. The zero-order valence-electron chi connectivity index (χ0n) is 20.8. The van der Waals surface area contributed by atoms with E-state index < -0.39 is 5.91 Å². The first-order valence-electron chi connectivity index (χ1n) is 11.5. The number of hydrogen-bond donors (Lipinski definition) is 1. The van der Waals surface area contributed by atoms with Crippen LogP contribution in [0.2, 0.25) is 0 Å². The molecule has 192 valence electrons. The zero-order valence-corrected chi connectivity index (χ0v) is 20.8. The number of carbonyl (C=O) groups excluding carboxylic acids is 1. The number of benzene rings is 1. The number of carbonyl (C=O) groups is 1. The number of pyridine rings is 2. The molecule has 12 nitrogen and oxygen atoms in total. The maximum absolute atomic E-state index is 13.0. The molecule has 0 aliphatic rings. The average molecular weight is 514 g/mol. The highest BCUT2D eigenvalue weighted by molar-refractivity contribution is 6.04. The number of nitrogens with zero attached hydrogens (tertiary/aromatic N) is 6. The van der Waals surface area contributed by atoms with Crippen molar-refractivity contribution >= 4 is 22.6 Å². The van der Waals surface area contributed by atoms with E-state index in [2.05, 4.69) is 30.4 Å². The summed E-state index contributed by atoms with van der Waals surface area (Å²) in [6.07, 6.45) is 9.34. The molecule has 1 amide bonds. The Kier molecular flexibility index (Phi) is 6.93. The van der Waals surface area contributed by atoms with Gasteiger partial charge in [0.25, 0.3) is 5.91 Å². The Hall–Kier alpha value is -5.26. The minimum absolute atomic E-state index is 0.0901. The molecule has 4 heterocycles. The maximum atomic E-state index is 13.0. The molecular weight excluding hydrogens is 490 g/mol. The van der Waals surface area contributed by atoms with Crippen molar-refractivity contribution in [1.82, 2.24) is 29.7 Å². The van der Waals surface area contributed by atoms with Crippen LogP contribution in [0.3, 0.4) is 0 Å². The second kappa shape index (κ2) is 10.8. The van der Waals surface area contributed by atoms with Gasteiger partial charge in [0.15, 0.2) is 28.8 Å². The van der Waals surface area contributed by atoms with Crippen LogP contribution in [0.4, 0.5) is 5.82 Å². The van der Waals surface area contributed by atoms with Crippen molar-refractivity contribution in [2.24, 2.45) is 0 Å². The third-order valence-corrected chi connectivity index (χ3v) is 5.39. The molecule has 12 heteroatoms. The minimum atomic E-state index is -0.488. The van der Waals surface area contributed by atoms with Crippen LogP contribution in [0.15, 0.2) is 67.5 Å². The number of aromatic nitrogens is 6. The third-order valence-electron chi connectivity index (χ3n) is 5.39. The van der Waals surface area contributed by atoms with Gasteiger partial charge in [-0.1, -0.05) is 0 Å². The van der Waals surface area contributed by atoms with Gasteiger partial charge in [0.1, 0.15) is 17.3 Å². The number of ether oxygens (including phenoxy) is 4. The minimum Gasteiger partial charge on any atom is -0.493 e. The van der Waals surface area contributed by atoms with Gasteiger partial charge < -0.3 is 24.3 Å². The molecule has 0 saturated heterocycles. The van der Waals surface area contributed by atoms with Gasteiger partial charge in [0.2, 0.25) is 0 Å². The average Bonchev–Trinajstić information content (AvgIpc) is 3.38. The first-order valence-corrected chi connectivity index (χ1v) is 11.5. The lowest BCUT2D eigenvalue weighted by Crippen LogP contribution is -2.15. The van der Waals surface area contributed by atoms with Crippen LogP contribution in [-0.2, 0) is 0 Å². The molecule has 0 fully saturated rings. The molecule has 1 N–H and O–H groups in total. The Balaban J connectivity index is 1.34. The number of amides is 1. The molecule has 0 spiro atoms. The van der Waals surface area contributed by atoms with Gasteiger partial charge in [-0.05, 0) is 31.2 Å². The van der Waals surface area contributed by atoms with Crippen LogP contribution in [0.1, 0.15) is 17.4 Å². The second-order valence-electron chi connectivity index (χ2n) is 7.75. The van der Waals surface area contributed by atoms with E-state index in [4.69, 9.17) is 18.9 Å². The number of hydrogen-bond acceptors (Lipinski definition) is 10. The fraction of sp³-hybridized carbons (Fsp3) is 0.154. The topological polar surface area (TPSA) is 135 Å². The summed E-state index contributed by atoms with van der Waals surface area (Å²) < 4.78 is 23.8. The van der Waals surface area contributed by atoms with Crippen molar-refractivity contribution in [3.63, 3.8) is 0 Å². The summed E-state index contributed by atoms with van der Waals surface area (Å²) in [4.78, 5) is 29.9. The van der Waals surface area contributed by atoms with E-state index in [0.717, 1.165) is 5.39 Å². The molecule has 0 unspecified atom stereocenters. The van der Waals surface area contributed by atoms with Crippen LogP contribution in [-0.4, -0.2) is 56.5 Å². The molecule has 0 radical (unpaired) electrons. The summed E-state index contributed by atoms with van der Waals surface area (Å²) in [5.74, 6) is 2.74. The predicted octanol–water partition coefficient (Wildman–Crippen LogP) is 4.07. The summed E-state index contributed by atoms with van der Waals surface area (Å²) in [7, 11) is 3.13. The molecule has 38 heavy (non-hydrogen) atoms. The summed E-state index contributed by atoms with van der Waals surface area (Å²) in [5, 5.41) is 7.80. The highest BCUT2D eigenvalue weighted by Crippen LogP contribution is 2.36. The van der Waals surface area contributed by atoms with Gasteiger partial charge in [0, 0.05) is 30.0 Å². The Bertz CT molecular complexity index is 1570. The third kappa shape index (κ3) is 5.00. The fourth-order valence-electron chi connectivity index (χ4n) is 3.66. The molecule has 5 aromatic rings. The molecular formula is C26H23N7O5. The Morgan fingerprint density at radius 1 is 0.921 bits per heavy atom. The van der Waals surface area contributed by atoms with Crippen LogP contribution < -0.4 is 24.3 Å². The highest BCUT2D eigenvalue weighted by atomic mass is 16.5. The number of anilines is 1. The van der Waals surface area contributed by atoms with Crippen LogP contribution in [0, 0.1) is 0 Å². The molecule has 0 aliphatic carbocycles. The zero-order chi connectivity index (χ0) is 26.5. The second-order valence-corrected chi connectivity index (χ2v) is 7.75.